The Morgan fingerprint density at radius 2 is 1.89 bits per heavy atom. The molecular formula is C30H40N4O3S. The third-order valence-corrected chi connectivity index (χ3v) is 7.74. The molecule has 2 saturated heterocycles. The maximum Gasteiger partial charge on any atom is 0.264 e. The lowest BCUT2D eigenvalue weighted by Gasteiger charge is -2.34. The van der Waals surface area contributed by atoms with Gasteiger partial charge in [0.05, 0.1) is 4.91 Å². The lowest BCUT2D eigenvalue weighted by Crippen LogP contribution is -2.45. The van der Waals surface area contributed by atoms with Crippen LogP contribution in [0.5, 0.6) is 5.75 Å². The van der Waals surface area contributed by atoms with E-state index in [-0.39, 0.29) is 12.5 Å². The van der Waals surface area contributed by atoms with Crippen LogP contribution >= 0.6 is 11.8 Å². The fourth-order valence-corrected chi connectivity index (χ4v) is 5.41. The molecule has 2 aliphatic rings. The van der Waals surface area contributed by atoms with Crippen LogP contribution in [0.4, 0.5) is 5.69 Å². The number of rotatable bonds is 13. The Balaban J connectivity index is 1.18. The van der Waals surface area contributed by atoms with Gasteiger partial charge in [-0.25, -0.2) is 0 Å². The average molecular weight is 537 g/mol. The highest BCUT2D eigenvalue weighted by Crippen LogP contribution is 2.27. The molecule has 2 fully saturated rings. The topological polar surface area (TPSA) is 86.2 Å². The van der Waals surface area contributed by atoms with E-state index in [1.807, 2.05) is 36.4 Å². The van der Waals surface area contributed by atoms with E-state index < -0.39 is 6.10 Å². The number of thioether (sulfide) groups is 1. The van der Waals surface area contributed by atoms with E-state index in [9.17, 15) is 9.90 Å². The molecule has 1 unspecified atom stereocenters. The molecule has 3 N–H and O–H groups in total. The van der Waals surface area contributed by atoms with E-state index >= 15 is 0 Å². The molecule has 0 aromatic heterocycles. The summed E-state index contributed by atoms with van der Waals surface area (Å²) >= 11 is 1.43. The largest absolute Gasteiger partial charge is 0.491 e. The Bertz CT molecular complexity index is 1070. The fraction of sp³-hybridized carbons (Fsp3) is 0.467. The number of aliphatic hydroxyl groups is 1. The number of nitrogens with zero attached hydrogens (tertiary/aromatic N) is 2. The normalized spacial score (nSPS) is 19.2. The first kappa shape index (κ1) is 28.2. The molecule has 0 radical (unpaired) electrons. The molecule has 0 spiro atoms. The zero-order valence-electron chi connectivity index (χ0n) is 22.3. The van der Waals surface area contributed by atoms with Gasteiger partial charge in [-0.05, 0) is 66.9 Å². The lowest BCUT2D eigenvalue weighted by molar-refractivity contribution is -0.115. The highest BCUT2D eigenvalue weighted by atomic mass is 32.2. The van der Waals surface area contributed by atoms with Crippen molar-refractivity contribution in [3.63, 3.8) is 0 Å². The summed E-state index contributed by atoms with van der Waals surface area (Å²) in [6.45, 7) is 5.70. The summed E-state index contributed by atoms with van der Waals surface area (Å²) < 4.78 is 5.64. The molecule has 204 valence electrons. The van der Waals surface area contributed by atoms with Crippen molar-refractivity contribution in [1.29, 1.82) is 0 Å². The number of piperidine rings is 1. The maximum atomic E-state index is 12.3. The number of carbonyl (C=O) groups is 1. The van der Waals surface area contributed by atoms with Gasteiger partial charge in [0.2, 0.25) is 0 Å². The second-order valence-corrected chi connectivity index (χ2v) is 10.9. The molecule has 2 aromatic rings. The Labute approximate surface area is 230 Å². The van der Waals surface area contributed by atoms with Gasteiger partial charge in [0.1, 0.15) is 18.5 Å². The standard InChI is InChI=1S/C30H40N4O3S/c1-2-3-4-8-17-31-30-33-29(36)28(38-30)20-23-11-13-25(14-12-23)34-18-15-24(16-19-34)32-21-26(35)22-37-27-9-6-5-7-10-27/h5-7,9-14,20,24,26,32,35H,2-4,8,15-19,21-22H2,1H3,(H,31,33,36)/b28-20-. The van der Waals surface area contributed by atoms with Gasteiger partial charge in [0.15, 0.2) is 5.17 Å². The number of aliphatic hydroxyl groups excluding tert-OH is 1. The Kier molecular flexibility index (Phi) is 11.1. The lowest BCUT2D eigenvalue weighted by atomic mass is 10.0. The Morgan fingerprint density at radius 3 is 2.63 bits per heavy atom. The molecule has 7 nitrogen and oxygen atoms in total. The number of carbonyl (C=O) groups excluding carboxylic acids is 1. The number of hydrogen-bond donors (Lipinski definition) is 3. The van der Waals surface area contributed by atoms with Crippen molar-refractivity contribution >= 4 is 34.6 Å². The zero-order valence-corrected chi connectivity index (χ0v) is 23.1. The van der Waals surface area contributed by atoms with Crippen molar-refractivity contribution in [2.24, 2.45) is 4.99 Å². The number of amidine groups is 1. The number of amides is 1. The predicted octanol–water partition coefficient (Wildman–Crippen LogP) is 4.83. The van der Waals surface area contributed by atoms with Crippen LogP contribution in [0.25, 0.3) is 6.08 Å². The van der Waals surface area contributed by atoms with Crippen LogP contribution < -0.4 is 20.3 Å². The van der Waals surface area contributed by atoms with Gasteiger partial charge in [0, 0.05) is 37.9 Å². The number of aliphatic imine (C=N–C) groups is 1. The molecule has 2 aromatic carbocycles. The second kappa shape index (κ2) is 15.0. The highest BCUT2D eigenvalue weighted by Gasteiger charge is 2.24. The molecule has 1 amide bonds. The van der Waals surface area contributed by atoms with Crippen LogP contribution in [0.15, 0.2) is 64.5 Å². The van der Waals surface area contributed by atoms with Gasteiger partial charge in [-0.15, -0.1) is 0 Å². The van der Waals surface area contributed by atoms with E-state index in [4.69, 9.17) is 4.74 Å². The number of unbranched alkanes of at least 4 members (excludes halogenated alkanes) is 3. The van der Waals surface area contributed by atoms with Crippen LogP contribution in [-0.2, 0) is 4.79 Å². The van der Waals surface area contributed by atoms with E-state index in [0.29, 0.717) is 22.7 Å². The van der Waals surface area contributed by atoms with E-state index in [1.165, 1.54) is 36.7 Å². The van der Waals surface area contributed by atoms with Gasteiger partial charge in [-0.1, -0.05) is 56.5 Å². The van der Waals surface area contributed by atoms with Crippen molar-refractivity contribution in [2.75, 3.05) is 37.7 Å². The molecule has 0 aliphatic carbocycles. The Morgan fingerprint density at radius 1 is 1.13 bits per heavy atom. The van der Waals surface area contributed by atoms with Gasteiger partial charge < -0.3 is 25.4 Å². The third-order valence-electron chi connectivity index (χ3n) is 6.80. The monoisotopic (exact) mass is 536 g/mol. The molecule has 38 heavy (non-hydrogen) atoms. The van der Waals surface area contributed by atoms with Crippen molar-refractivity contribution in [1.82, 2.24) is 10.6 Å². The van der Waals surface area contributed by atoms with Crippen LogP contribution in [0.3, 0.4) is 0 Å². The van der Waals surface area contributed by atoms with Gasteiger partial charge in [-0.3, -0.25) is 9.79 Å². The summed E-state index contributed by atoms with van der Waals surface area (Å²) in [4.78, 5) is 20.0. The second-order valence-electron chi connectivity index (χ2n) is 9.85. The molecule has 0 saturated carbocycles. The summed E-state index contributed by atoms with van der Waals surface area (Å²) in [5.41, 5.74) is 2.21. The zero-order chi connectivity index (χ0) is 26.6. The van der Waals surface area contributed by atoms with Crippen molar-refractivity contribution in [2.45, 2.75) is 57.6 Å². The molecule has 1 atom stereocenters. The summed E-state index contributed by atoms with van der Waals surface area (Å²) in [5.74, 6) is 0.705. The SMILES string of the molecule is CCCCCCN=C1NC(=O)/C(=C/c2ccc(N3CCC(NCC(O)COc4ccccc4)CC3)cc2)S1. The van der Waals surface area contributed by atoms with E-state index in [1.54, 1.807) is 0 Å². The van der Waals surface area contributed by atoms with Crippen LogP contribution in [0, 0.1) is 0 Å². The third kappa shape index (κ3) is 8.89. The van der Waals surface area contributed by atoms with Crippen molar-refractivity contribution in [3.05, 3.63) is 65.1 Å². The van der Waals surface area contributed by atoms with Crippen LogP contribution in [0.2, 0.25) is 0 Å². The molecule has 2 aliphatic heterocycles. The maximum absolute atomic E-state index is 12.3. The molecule has 4 rings (SSSR count). The first-order valence-electron chi connectivity index (χ1n) is 13.8. The number of para-hydroxylation sites is 1. The quantitative estimate of drug-likeness (QED) is 0.251. The van der Waals surface area contributed by atoms with Gasteiger partial charge in [0.25, 0.3) is 5.91 Å². The minimum absolute atomic E-state index is 0.0716. The highest BCUT2D eigenvalue weighted by molar-refractivity contribution is 8.18. The van der Waals surface area contributed by atoms with E-state index in [2.05, 4.69) is 51.7 Å². The smallest absolute Gasteiger partial charge is 0.264 e. The first-order valence-corrected chi connectivity index (χ1v) is 14.6. The minimum Gasteiger partial charge on any atom is -0.491 e. The van der Waals surface area contributed by atoms with Crippen LogP contribution in [-0.4, -0.2) is 61.1 Å². The first-order chi connectivity index (χ1) is 18.6. The minimum atomic E-state index is -0.539. The Hall–Kier alpha value is -2.81. The van der Waals surface area contributed by atoms with Gasteiger partial charge >= 0.3 is 0 Å². The number of benzene rings is 2. The summed E-state index contributed by atoms with van der Waals surface area (Å²) in [6.07, 6.45) is 8.13. The molecular weight excluding hydrogens is 496 g/mol. The number of ether oxygens (including phenoxy) is 1. The number of nitrogens with one attached hydrogen (secondary N) is 2. The predicted molar refractivity (Wildman–Crippen MR) is 158 cm³/mol. The summed E-state index contributed by atoms with van der Waals surface area (Å²) in [6, 6.07) is 18.4. The van der Waals surface area contributed by atoms with Crippen molar-refractivity contribution in [3.8, 4) is 5.75 Å². The summed E-state index contributed by atoms with van der Waals surface area (Å²) in [5, 5.41) is 17.3. The number of hydrogen-bond acceptors (Lipinski definition) is 7. The number of anilines is 1. The van der Waals surface area contributed by atoms with E-state index in [0.717, 1.165) is 50.2 Å². The molecule has 0 bridgehead atoms. The molecule has 8 heteroatoms. The van der Waals surface area contributed by atoms with Gasteiger partial charge in [-0.2, -0.15) is 0 Å². The summed E-state index contributed by atoms with van der Waals surface area (Å²) in [7, 11) is 0. The average Bonchev–Trinajstić information content (AvgIpc) is 3.30. The fourth-order valence-electron chi connectivity index (χ4n) is 4.57. The van der Waals surface area contributed by atoms with Crippen LogP contribution in [0.1, 0.15) is 51.0 Å². The van der Waals surface area contributed by atoms with Crippen molar-refractivity contribution < 1.29 is 14.6 Å². The molecule has 2 heterocycles.